The van der Waals surface area contributed by atoms with E-state index in [1.807, 2.05) is 24.3 Å². The molecule has 0 unspecified atom stereocenters. The molecular weight excluding hydrogens is 472 g/mol. The minimum Gasteiger partial charge on any atom is -0.465 e. The number of halogens is 1. The Balaban J connectivity index is 1.61. The summed E-state index contributed by atoms with van der Waals surface area (Å²) in [5.41, 5.74) is 1.22. The standard InChI is InChI=1S/C22H25ClN2O5S2/c1-3-30-22(28)25-11-10-16-17(13-25)32-20(19(16)21(27)29-2)24-18(26)5-4-12-31-15-8-6-14(23)7-9-15/h6-9H,3-5,10-13H2,1-2H3,(H,24,26). The summed E-state index contributed by atoms with van der Waals surface area (Å²) in [4.78, 5) is 40.6. The van der Waals surface area contributed by atoms with Gasteiger partial charge in [0.05, 0.1) is 25.8 Å². The molecule has 1 N–H and O–H groups in total. The quantitative estimate of drug-likeness (QED) is 0.306. The first-order chi connectivity index (χ1) is 15.4. The number of benzene rings is 1. The van der Waals surface area contributed by atoms with Crippen LogP contribution in [0.15, 0.2) is 29.2 Å². The normalized spacial score (nSPS) is 12.8. The molecule has 2 amide bonds. The Labute approximate surface area is 200 Å². The molecule has 10 heteroatoms. The lowest BCUT2D eigenvalue weighted by atomic mass is 10.0. The average Bonchev–Trinajstić information content (AvgIpc) is 3.14. The highest BCUT2D eigenvalue weighted by Gasteiger charge is 2.31. The number of thiophene rings is 1. The molecule has 2 heterocycles. The van der Waals surface area contributed by atoms with E-state index in [2.05, 4.69) is 5.32 Å². The van der Waals surface area contributed by atoms with Crippen LogP contribution in [0.1, 0.15) is 40.6 Å². The lowest BCUT2D eigenvalue weighted by Crippen LogP contribution is -2.36. The Morgan fingerprint density at radius 2 is 2.00 bits per heavy atom. The fraction of sp³-hybridized carbons (Fsp3) is 0.409. The van der Waals surface area contributed by atoms with Crippen LogP contribution in [0.5, 0.6) is 0 Å². The number of methoxy groups -OCH3 is 1. The number of nitrogens with zero attached hydrogens (tertiary/aromatic N) is 1. The Morgan fingerprint density at radius 3 is 2.69 bits per heavy atom. The summed E-state index contributed by atoms with van der Waals surface area (Å²) in [6.07, 6.45) is 1.14. The second kappa shape index (κ2) is 11.6. The number of rotatable bonds is 8. The Kier molecular flexibility index (Phi) is 8.84. The second-order valence-corrected chi connectivity index (χ2v) is 9.73. The highest BCUT2D eigenvalue weighted by atomic mass is 35.5. The third-order valence-corrected chi connectivity index (χ3v) is 7.34. The summed E-state index contributed by atoms with van der Waals surface area (Å²) < 4.78 is 10.0. The molecule has 0 radical (unpaired) electrons. The van der Waals surface area contributed by atoms with Crippen LogP contribution in [-0.4, -0.2) is 48.9 Å². The molecule has 1 aliphatic rings. The predicted octanol–water partition coefficient (Wildman–Crippen LogP) is 5.21. The molecule has 1 aromatic heterocycles. The van der Waals surface area contributed by atoms with E-state index in [0.717, 1.165) is 21.1 Å². The van der Waals surface area contributed by atoms with Gasteiger partial charge in [-0.25, -0.2) is 9.59 Å². The van der Waals surface area contributed by atoms with Gasteiger partial charge in [0.1, 0.15) is 5.00 Å². The number of fused-ring (bicyclic) bond motifs is 1. The van der Waals surface area contributed by atoms with Gasteiger partial charge in [0.2, 0.25) is 5.91 Å². The van der Waals surface area contributed by atoms with Gasteiger partial charge >= 0.3 is 12.1 Å². The van der Waals surface area contributed by atoms with E-state index in [1.165, 1.54) is 18.4 Å². The van der Waals surface area contributed by atoms with Crippen molar-refractivity contribution in [2.45, 2.75) is 37.6 Å². The number of ether oxygens (including phenoxy) is 2. The summed E-state index contributed by atoms with van der Waals surface area (Å²) in [5, 5.41) is 4.04. The first-order valence-electron chi connectivity index (χ1n) is 10.3. The van der Waals surface area contributed by atoms with Gasteiger partial charge in [-0.3, -0.25) is 4.79 Å². The monoisotopic (exact) mass is 496 g/mol. The van der Waals surface area contributed by atoms with E-state index >= 15 is 0 Å². The van der Waals surface area contributed by atoms with Crippen molar-refractivity contribution in [1.29, 1.82) is 0 Å². The number of hydrogen-bond acceptors (Lipinski definition) is 7. The molecule has 0 fully saturated rings. The number of thioether (sulfide) groups is 1. The van der Waals surface area contributed by atoms with Gasteiger partial charge in [-0.05, 0) is 55.3 Å². The first-order valence-corrected chi connectivity index (χ1v) is 12.4. The molecule has 2 aromatic rings. The highest BCUT2D eigenvalue weighted by Crippen LogP contribution is 2.38. The van der Waals surface area contributed by atoms with Crippen molar-refractivity contribution in [3.63, 3.8) is 0 Å². The highest BCUT2D eigenvalue weighted by molar-refractivity contribution is 7.99. The first kappa shape index (κ1) is 24.4. The van der Waals surface area contributed by atoms with Gasteiger partial charge in [-0.15, -0.1) is 23.1 Å². The number of anilines is 1. The molecule has 1 aliphatic heterocycles. The molecule has 32 heavy (non-hydrogen) atoms. The molecule has 7 nitrogen and oxygen atoms in total. The van der Waals surface area contributed by atoms with Gasteiger partial charge in [0.15, 0.2) is 0 Å². The van der Waals surface area contributed by atoms with E-state index in [9.17, 15) is 14.4 Å². The smallest absolute Gasteiger partial charge is 0.410 e. The van der Waals surface area contributed by atoms with E-state index in [-0.39, 0.29) is 12.0 Å². The lowest BCUT2D eigenvalue weighted by molar-refractivity contribution is -0.116. The van der Waals surface area contributed by atoms with Gasteiger partial charge in [-0.1, -0.05) is 11.6 Å². The van der Waals surface area contributed by atoms with Crippen molar-refractivity contribution in [3.05, 3.63) is 45.3 Å². The van der Waals surface area contributed by atoms with E-state index < -0.39 is 5.97 Å². The van der Waals surface area contributed by atoms with E-state index in [0.29, 0.717) is 54.5 Å². The van der Waals surface area contributed by atoms with Crippen LogP contribution in [0, 0.1) is 0 Å². The molecule has 0 bridgehead atoms. The molecule has 3 rings (SSSR count). The average molecular weight is 497 g/mol. The molecular formula is C22H25ClN2O5S2. The number of nitrogens with one attached hydrogen (secondary N) is 1. The fourth-order valence-corrected chi connectivity index (χ4v) is 5.57. The molecule has 0 spiro atoms. The molecule has 0 saturated heterocycles. The van der Waals surface area contributed by atoms with Crippen LogP contribution in [0.4, 0.5) is 9.80 Å². The third kappa shape index (κ3) is 6.17. The van der Waals surface area contributed by atoms with Gasteiger partial charge in [-0.2, -0.15) is 0 Å². The zero-order chi connectivity index (χ0) is 23.1. The topological polar surface area (TPSA) is 84.9 Å². The summed E-state index contributed by atoms with van der Waals surface area (Å²) in [5.74, 6) is 0.141. The Morgan fingerprint density at radius 1 is 1.25 bits per heavy atom. The maximum atomic E-state index is 12.5. The van der Waals surface area contributed by atoms with Crippen molar-refractivity contribution >= 4 is 57.7 Å². The van der Waals surface area contributed by atoms with Crippen molar-refractivity contribution in [1.82, 2.24) is 4.90 Å². The third-order valence-electron chi connectivity index (χ3n) is 4.86. The summed E-state index contributed by atoms with van der Waals surface area (Å²) in [6, 6.07) is 7.58. The molecule has 1 aromatic carbocycles. The minimum absolute atomic E-state index is 0.160. The predicted molar refractivity (Wildman–Crippen MR) is 127 cm³/mol. The number of carbonyl (C=O) groups is 3. The number of amides is 2. The van der Waals surface area contributed by atoms with Gasteiger partial charge < -0.3 is 19.7 Å². The second-order valence-electron chi connectivity index (χ2n) is 7.02. The molecule has 0 atom stereocenters. The van der Waals surface area contributed by atoms with Crippen LogP contribution in [0.2, 0.25) is 5.02 Å². The number of carbonyl (C=O) groups excluding carboxylic acids is 3. The van der Waals surface area contributed by atoms with Crippen LogP contribution in [0.25, 0.3) is 0 Å². The van der Waals surface area contributed by atoms with Crippen LogP contribution >= 0.6 is 34.7 Å². The van der Waals surface area contributed by atoms with E-state index in [1.54, 1.807) is 23.6 Å². The van der Waals surface area contributed by atoms with Crippen molar-refractivity contribution in [2.24, 2.45) is 0 Å². The zero-order valence-corrected chi connectivity index (χ0v) is 20.3. The summed E-state index contributed by atoms with van der Waals surface area (Å²) >= 11 is 8.86. The zero-order valence-electron chi connectivity index (χ0n) is 17.9. The minimum atomic E-state index is -0.485. The van der Waals surface area contributed by atoms with E-state index in [4.69, 9.17) is 21.1 Å². The van der Waals surface area contributed by atoms with Gasteiger partial charge in [0.25, 0.3) is 0 Å². The largest absolute Gasteiger partial charge is 0.465 e. The van der Waals surface area contributed by atoms with Crippen molar-refractivity contribution < 1.29 is 23.9 Å². The number of esters is 1. The molecule has 0 aliphatic carbocycles. The maximum absolute atomic E-state index is 12.5. The Bertz CT molecular complexity index is 977. The summed E-state index contributed by atoms with van der Waals surface area (Å²) in [6.45, 7) is 2.85. The Hall–Kier alpha value is -2.23. The van der Waals surface area contributed by atoms with Crippen LogP contribution in [-0.2, 0) is 27.2 Å². The summed E-state index contributed by atoms with van der Waals surface area (Å²) in [7, 11) is 1.32. The maximum Gasteiger partial charge on any atom is 0.410 e. The lowest BCUT2D eigenvalue weighted by Gasteiger charge is -2.26. The fourth-order valence-electron chi connectivity index (χ4n) is 3.32. The molecule has 172 valence electrons. The van der Waals surface area contributed by atoms with Crippen molar-refractivity contribution in [2.75, 3.05) is 31.3 Å². The SMILES string of the molecule is CCOC(=O)N1CCc2c(sc(NC(=O)CCCSc3ccc(Cl)cc3)c2C(=O)OC)C1. The van der Waals surface area contributed by atoms with Crippen LogP contribution in [0.3, 0.4) is 0 Å². The van der Waals surface area contributed by atoms with Crippen molar-refractivity contribution in [3.8, 4) is 0 Å². The van der Waals surface area contributed by atoms with Gasteiger partial charge in [0, 0.05) is 27.8 Å². The molecule has 0 saturated carbocycles. The van der Waals surface area contributed by atoms with Crippen LogP contribution < -0.4 is 5.32 Å². The number of hydrogen-bond donors (Lipinski definition) is 1.